The topological polar surface area (TPSA) is 50.8 Å². The maximum absolute atomic E-state index is 12.1. The summed E-state index contributed by atoms with van der Waals surface area (Å²) in [4.78, 5) is 14.6. The predicted molar refractivity (Wildman–Crippen MR) is 115 cm³/mol. The highest BCUT2D eigenvalue weighted by Crippen LogP contribution is 2.18. The van der Waals surface area contributed by atoms with Crippen LogP contribution in [0.2, 0.25) is 0 Å². The van der Waals surface area contributed by atoms with Gasteiger partial charge in [0.1, 0.15) is 11.5 Å². The fourth-order valence-electron chi connectivity index (χ4n) is 3.65. The number of carbonyl (C=O) groups excluding carboxylic acids is 1. The molecule has 0 aliphatic carbocycles. The Morgan fingerprint density at radius 2 is 1.69 bits per heavy atom. The summed E-state index contributed by atoms with van der Waals surface area (Å²) in [7, 11) is 0. The molecular formula is C24H32N2O3. The number of benzene rings is 2. The number of amides is 1. The number of hydrogen-bond donors (Lipinski definition) is 1. The zero-order valence-electron chi connectivity index (χ0n) is 17.5. The van der Waals surface area contributed by atoms with Crippen LogP contribution in [0.15, 0.2) is 48.5 Å². The third kappa shape index (κ3) is 7.09. The number of nitrogens with one attached hydrogen (secondary N) is 1. The first-order valence-corrected chi connectivity index (χ1v) is 10.5. The molecule has 2 aromatic carbocycles. The first kappa shape index (κ1) is 21.2. The molecule has 1 N–H and O–H groups in total. The van der Waals surface area contributed by atoms with Crippen LogP contribution in [0, 0.1) is 5.92 Å². The second-order valence-corrected chi connectivity index (χ2v) is 7.77. The van der Waals surface area contributed by atoms with Crippen molar-refractivity contribution in [3.8, 4) is 11.5 Å². The first-order valence-electron chi connectivity index (χ1n) is 10.5. The van der Waals surface area contributed by atoms with E-state index in [0.29, 0.717) is 18.9 Å². The molecule has 5 heteroatoms. The molecule has 156 valence electrons. The van der Waals surface area contributed by atoms with Crippen molar-refractivity contribution in [1.82, 2.24) is 10.2 Å². The van der Waals surface area contributed by atoms with Crippen LogP contribution in [0.5, 0.6) is 11.5 Å². The Balaban J connectivity index is 1.38. The van der Waals surface area contributed by atoms with Crippen molar-refractivity contribution < 1.29 is 14.3 Å². The number of hydrogen-bond acceptors (Lipinski definition) is 4. The van der Waals surface area contributed by atoms with E-state index in [1.54, 1.807) is 12.1 Å². The maximum atomic E-state index is 12.1. The average Bonchev–Trinajstić information content (AvgIpc) is 2.73. The van der Waals surface area contributed by atoms with E-state index >= 15 is 0 Å². The fourth-order valence-corrected chi connectivity index (χ4v) is 3.65. The normalized spacial score (nSPS) is 17.0. The lowest BCUT2D eigenvalue weighted by molar-refractivity contribution is -0.123. The number of ether oxygens (including phenoxy) is 2. The van der Waals surface area contributed by atoms with Crippen molar-refractivity contribution in [2.24, 2.45) is 5.92 Å². The molecule has 0 aromatic heterocycles. The van der Waals surface area contributed by atoms with Gasteiger partial charge in [-0.1, -0.05) is 31.2 Å². The number of likely N-dealkylation sites (tertiary alicyclic amines) is 1. The molecule has 1 aliphatic rings. The van der Waals surface area contributed by atoms with Gasteiger partial charge in [-0.3, -0.25) is 9.69 Å². The minimum Gasteiger partial charge on any atom is -0.494 e. The summed E-state index contributed by atoms with van der Waals surface area (Å²) < 4.78 is 10.9. The van der Waals surface area contributed by atoms with E-state index in [2.05, 4.69) is 41.4 Å². The van der Waals surface area contributed by atoms with Gasteiger partial charge >= 0.3 is 0 Å². The Labute approximate surface area is 174 Å². The summed E-state index contributed by atoms with van der Waals surface area (Å²) in [5.41, 5.74) is 2.42. The van der Waals surface area contributed by atoms with Crippen LogP contribution >= 0.6 is 0 Å². The third-order valence-corrected chi connectivity index (χ3v) is 5.16. The molecule has 1 atom stereocenters. The van der Waals surface area contributed by atoms with Crippen molar-refractivity contribution in [3.63, 3.8) is 0 Å². The Kier molecular flexibility index (Phi) is 7.94. The SMILES string of the molecule is CCOc1ccc(OCC(=O)NCc2ccc(CN3CCCC(C)C3)cc2)cc1. The lowest BCUT2D eigenvalue weighted by atomic mass is 9.99. The highest BCUT2D eigenvalue weighted by molar-refractivity contribution is 5.77. The standard InChI is InChI=1S/C24H32N2O3/c1-3-28-22-10-12-23(13-11-22)29-18-24(27)25-15-20-6-8-21(9-7-20)17-26-14-4-5-19(2)16-26/h6-13,19H,3-5,14-18H2,1-2H3,(H,25,27). The minimum absolute atomic E-state index is 0.000784. The van der Waals surface area contributed by atoms with E-state index in [-0.39, 0.29) is 12.5 Å². The van der Waals surface area contributed by atoms with Crippen LogP contribution in [-0.4, -0.2) is 37.1 Å². The zero-order chi connectivity index (χ0) is 20.5. The maximum Gasteiger partial charge on any atom is 0.258 e. The molecule has 2 aromatic rings. The summed E-state index contributed by atoms with van der Waals surface area (Å²) >= 11 is 0. The molecule has 5 nitrogen and oxygen atoms in total. The van der Waals surface area contributed by atoms with E-state index < -0.39 is 0 Å². The van der Waals surface area contributed by atoms with Gasteiger partial charge in [0, 0.05) is 19.6 Å². The molecular weight excluding hydrogens is 364 g/mol. The predicted octanol–water partition coefficient (Wildman–Crippen LogP) is 4.01. The van der Waals surface area contributed by atoms with Crippen LogP contribution in [0.3, 0.4) is 0 Å². The molecule has 29 heavy (non-hydrogen) atoms. The molecule has 0 radical (unpaired) electrons. The van der Waals surface area contributed by atoms with Gasteiger partial charge in [0.05, 0.1) is 6.61 Å². The Morgan fingerprint density at radius 3 is 2.34 bits per heavy atom. The first-order chi connectivity index (χ1) is 14.1. The lowest BCUT2D eigenvalue weighted by Crippen LogP contribution is -2.33. The van der Waals surface area contributed by atoms with Gasteiger partial charge in [-0.05, 0) is 67.6 Å². The minimum atomic E-state index is -0.134. The fraction of sp³-hybridized carbons (Fsp3) is 0.458. The third-order valence-electron chi connectivity index (χ3n) is 5.16. The summed E-state index contributed by atoms with van der Waals surface area (Å²) in [6, 6.07) is 15.8. The molecule has 0 saturated carbocycles. The van der Waals surface area contributed by atoms with Gasteiger partial charge in [0.15, 0.2) is 6.61 Å². The van der Waals surface area contributed by atoms with Gasteiger partial charge in [-0.15, -0.1) is 0 Å². The van der Waals surface area contributed by atoms with E-state index in [0.717, 1.165) is 23.8 Å². The number of nitrogens with zero attached hydrogens (tertiary/aromatic N) is 1. The lowest BCUT2D eigenvalue weighted by Gasteiger charge is -2.30. The van der Waals surface area contributed by atoms with Crippen LogP contribution in [-0.2, 0) is 17.9 Å². The smallest absolute Gasteiger partial charge is 0.258 e. The number of carbonyl (C=O) groups is 1. The Morgan fingerprint density at radius 1 is 1.03 bits per heavy atom. The molecule has 1 aliphatic heterocycles. The van der Waals surface area contributed by atoms with Crippen molar-refractivity contribution in [3.05, 3.63) is 59.7 Å². The monoisotopic (exact) mass is 396 g/mol. The quantitative estimate of drug-likeness (QED) is 0.696. The number of piperidine rings is 1. The molecule has 1 unspecified atom stereocenters. The number of rotatable bonds is 9. The molecule has 0 bridgehead atoms. The largest absolute Gasteiger partial charge is 0.494 e. The summed E-state index contributed by atoms with van der Waals surface area (Å²) in [5.74, 6) is 2.11. The molecule has 1 heterocycles. The van der Waals surface area contributed by atoms with Crippen molar-refractivity contribution in [2.45, 2.75) is 39.8 Å². The van der Waals surface area contributed by atoms with E-state index in [9.17, 15) is 4.79 Å². The molecule has 1 fully saturated rings. The van der Waals surface area contributed by atoms with Crippen LogP contribution in [0.4, 0.5) is 0 Å². The Hall–Kier alpha value is -2.53. The van der Waals surface area contributed by atoms with Gasteiger partial charge in [0.25, 0.3) is 5.91 Å². The van der Waals surface area contributed by atoms with Crippen molar-refractivity contribution >= 4 is 5.91 Å². The van der Waals surface area contributed by atoms with Crippen molar-refractivity contribution in [1.29, 1.82) is 0 Å². The zero-order valence-corrected chi connectivity index (χ0v) is 17.5. The van der Waals surface area contributed by atoms with Gasteiger partial charge in [-0.25, -0.2) is 0 Å². The molecule has 1 amide bonds. The second-order valence-electron chi connectivity index (χ2n) is 7.77. The highest BCUT2D eigenvalue weighted by atomic mass is 16.5. The van der Waals surface area contributed by atoms with E-state index in [1.165, 1.54) is 31.5 Å². The highest BCUT2D eigenvalue weighted by Gasteiger charge is 2.16. The molecule has 1 saturated heterocycles. The second kappa shape index (κ2) is 10.9. The molecule has 0 spiro atoms. The van der Waals surface area contributed by atoms with Crippen LogP contribution < -0.4 is 14.8 Å². The Bertz CT molecular complexity index is 759. The van der Waals surface area contributed by atoms with Crippen LogP contribution in [0.25, 0.3) is 0 Å². The average molecular weight is 397 g/mol. The van der Waals surface area contributed by atoms with Gasteiger partial charge in [-0.2, -0.15) is 0 Å². The summed E-state index contributed by atoms with van der Waals surface area (Å²) in [6.07, 6.45) is 2.64. The molecule has 3 rings (SSSR count). The van der Waals surface area contributed by atoms with Crippen LogP contribution in [0.1, 0.15) is 37.8 Å². The van der Waals surface area contributed by atoms with E-state index in [1.807, 2.05) is 19.1 Å². The summed E-state index contributed by atoms with van der Waals surface area (Å²) in [5, 5.41) is 2.91. The van der Waals surface area contributed by atoms with Gasteiger partial charge < -0.3 is 14.8 Å². The van der Waals surface area contributed by atoms with E-state index in [4.69, 9.17) is 9.47 Å². The summed E-state index contributed by atoms with van der Waals surface area (Å²) in [6.45, 7) is 8.79. The van der Waals surface area contributed by atoms with Crippen molar-refractivity contribution in [2.75, 3.05) is 26.3 Å². The van der Waals surface area contributed by atoms with Gasteiger partial charge in [0.2, 0.25) is 0 Å².